The van der Waals surface area contributed by atoms with Gasteiger partial charge in [0.1, 0.15) is 0 Å². The summed E-state index contributed by atoms with van der Waals surface area (Å²) in [7, 11) is 0. The number of nitrogens with zero attached hydrogens (tertiary/aromatic N) is 2. The van der Waals surface area contributed by atoms with Gasteiger partial charge in [-0.3, -0.25) is 0 Å². The van der Waals surface area contributed by atoms with E-state index in [2.05, 4.69) is 59.8 Å². The van der Waals surface area contributed by atoms with Crippen LogP contribution in [0.3, 0.4) is 0 Å². The Morgan fingerprint density at radius 3 is 2.64 bits per heavy atom. The Labute approximate surface area is 151 Å². The largest absolute Gasteiger partial charge is 0.393 e. The maximum atomic E-state index is 9.60. The molecule has 1 aromatic heterocycles. The number of rotatable bonds is 7. The Balaban J connectivity index is 1.62. The summed E-state index contributed by atoms with van der Waals surface area (Å²) >= 11 is 0. The van der Waals surface area contributed by atoms with Gasteiger partial charge < -0.3 is 19.9 Å². The number of nitrogens with one attached hydrogen (secondary N) is 1. The van der Waals surface area contributed by atoms with Crippen molar-refractivity contribution in [3.05, 3.63) is 35.5 Å². The molecule has 138 valence electrons. The fourth-order valence-corrected chi connectivity index (χ4v) is 3.92. The van der Waals surface area contributed by atoms with Crippen molar-refractivity contribution in [1.29, 1.82) is 0 Å². The molecule has 4 heteroatoms. The monoisotopic (exact) mass is 343 g/mol. The highest BCUT2D eigenvalue weighted by Gasteiger charge is 2.17. The van der Waals surface area contributed by atoms with Crippen molar-refractivity contribution in [3.63, 3.8) is 0 Å². The molecule has 2 N–H and O–H groups in total. The molecule has 2 aromatic rings. The molecule has 0 atom stereocenters. The number of aliphatic hydroxyl groups excluding tert-OH is 1. The van der Waals surface area contributed by atoms with Gasteiger partial charge in [0.15, 0.2) is 0 Å². The summed E-state index contributed by atoms with van der Waals surface area (Å²) in [5.41, 5.74) is 4.18. The average Bonchev–Trinajstić information content (AvgIpc) is 2.85. The highest BCUT2D eigenvalue weighted by atomic mass is 16.3. The summed E-state index contributed by atoms with van der Waals surface area (Å²) in [5, 5.41) is 14.6. The fourth-order valence-electron chi connectivity index (χ4n) is 3.92. The molecule has 1 fully saturated rings. The lowest BCUT2D eigenvalue weighted by Crippen LogP contribution is -2.39. The zero-order valence-electron chi connectivity index (χ0n) is 16.0. The van der Waals surface area contributed by atoms with Crippen molar-refractivity contribution < 1.29 is 5.11 Å². The normalized spacial score (nSPS) is 17.0. The Kier molecular flexibility index (Phi) is 6.15. The first-order valence-corrected chi connectivity index (χ1v) is 9.74. The van der Waals surface area contributed by atoms with Gasteiger partial charge in [-0.1, -0.05) is 32.0 Å². The molecule has 25 heavy (non-hydrogen) atoms. The molecule has 1 aliphatic heterocycles. The van der Waals surface area contributed by atoms with E-state index in [4.69, 9.17) is 0 Å². The first-order chi connectivity index (χ1) is 12.1. The minimum atomic E-state index is -0.0843. The van der Waals surface area contributed by atoms with E-state index in [-0.39, 0.29) is 6.10 Å². The van der Waals surface area contributed by atoms with Crippen LogP contribution in [0.4, 0.5) is 0 Å². The lowest BCUT2D eigenvalue weighted by molar-refractivity contribution is 0.0830. The zero-order chi connectivity index (χ0) is 17.8. The minimum absolute atomic E-state index is 0.0843. The number of benzene rings is 1. The number of hydrogen-bond donors (Lipinski definition) is 2. The van der Waals surface area contributed by atoms with E-state index in [0.717, 1.165) is 52.1 Å². The van der Waals surface area contributed by atoms with Crippen LogP contribution in [0.2, 0.25) is 0 Å². The average molecular weight is 344 g/mol. The van der Waals surface area contributed by atoms with Crippen molar-refractivity contribution in [2.75, 3.05) is 26.2 Å². The van der Waals surface area contributed by atoms with Crippen LogP contribution >= 0.6 is 0 Å². The van der Waals surface area contributed by atoms with Crippen molar-refractivity contribution >= 4 is 10.9 Å². The van der Waals surface area contributed by atoms with Crippen molar-refractivity contribution in [2.45, 2.75) is 52.8 Å². The second kappa shape index (κ2) is 8.35. The van der Waals surface area contributed by atoms with Crippen molar-refractivity contribution in [1.82, 2.24) is 14.8 Å². The van der Waals surface area contributed by atoms with E-state index < -0.39 is 0 Å². The molecule has 0 saturated carbocycles. The quantitative estimate of drug-likeness (QED) is 0.759. The third-order valence-corrected chi connectivity index (χ3v) is 5.37. The van der Waals surface area contributed by atoms with Gasteiger partial charge in [-0.15, -0.1) is 0 Å². The first-order valence-electron chi connectivity index (χ1n) is 9.74. The zero-order valence-corrected chi connectivity index (χ0v) is 16.0. The molecule has 0 radical (unpaired) electrons. The molecular weight excluding hydrogens is 310 g/mol. The fraction of sp³-hybridized carbons (Fsp3) is 0.619. The van der Waals surface area contributed by atoms with E-state index in [9.17, 15) is 5.11 Å². The van der Waals surface area contributed by atoms with Gasteiger partial charge in [0.05, 0.1) is 6.10 Å². The number of para-hydroxylation sites is 1. The molecule has 0 spiro atoms. The van der Waals surface area contributed by atoms with Gasteiger partial charge >= 0.3 is 0 Å². The van der Waals surface area contributed by atoms with E-state index in [1.54, 1.807) is 0 Å². The van der Waals surface area contributed by atoms with Gasteiger partial charge in [-0.2, -0.15) is 0 Å². The van der Waals surface area contributed by atoms with E-state index in [0.29, 0.717) is 5.92 Å². The predicted octanol–water partition coefficient (Wildman–Crippen LogP) is 3.15. The van der Waals surface area contributed by atoms with Crippen LogP contribution in [-0.2, 0) is 13.1 Å². The van der Waals surface area contributed by atoms with Crippen LogP contribution in [0.25, 0.3) is 10.9 Å². The van der Waals surface area contributed by atoms with Crippen molar-refractivity contribution in [3.8, 4) is 0 Å². The standard InChI is InChI=1S/C21H33N3O/c1-16(2)15-24-17(3)20(19-6-4-5-7-21(19)24)14-22-10-13-23-11-8-18(25)9-12-23/h4-7,16,18,22,25H,8-15H2,1-3H3. The number of likely N-dealkylation sites (tertiary alicyclic amines) is 1. The lowest BCUT2D eigenvalue weighted by Gasteiger charge is -2.29. The summed E-state index contributed by atoms with van der Waals surface area (Å²) < 4.78 is 2.48. The summed E-state index contributed by atoms with van der Waals surface area (Å²) in [6.07, 6.45) is 1.75. The van der Waals surface area contributed by atoms with E-state index in [1.807, 2.05) is 0 Å². The highest BCUT2D eigenvalue weighted by molar-refractivity contribution is 5.85. The molecule has 3 rings (SSSR count). The molecule has 1 aromatic carbocycles. The summed E-state index contributed by atoms with van der Waals surface area (Å²) in [5.74, 6) is 0.643. The summed E-state index contributed by atoms with van der Waals surface area (Å²) in [6.45, 7) is 12.9. The minimum Gasteiger partial charge on any atom is -0.393 e. The molecule has 0 amide bonds. The number of fused-ring (bicyclic) bond motifs is 1. The van der Waals surface area contributed by atoms with Gasteiger partial charge in [-0.25, -0.2) is 0 Å². The Morgan fingerprint density at radius 1 is 1.20 bits per heavy atom. The molecular formula is C21H33N3O. The van der Waals surface area contributed by atoms with Gasteiger partial charge in [0.2, 0.25) is 0 Å². The lowest BCUT2D eigenvalue weighted by atomic mass is 10.1. The Morgan fingerprint density at radius 2 is 1.92 bits per heavy atom. The van der Waals surface area contributed by atoms with Gasteiger partial charge in [0, 0.05) is 55.9 Å². The predicted molar refractivity (Wildman–Crippen MR) is 105 cm³/mol. The second-order valence-corrected chi connectivity index (χ2v) is 7.84. The number of hydrogen-bond acceptors (Lipinski definition) is 3. The van der Waals surface area contributed by atoms with Gasteiger partial charge in [0.25, 0.3) is 0 Å². The molecule has 0 bridgehead atoms. The van der Waals surface area contributed by atoms with Gasteiger partial charge in [-0.05, 0) is 37.3 Å². The SMILES string of the molecule is Cc1c(CNCCN2CCC(O)CC2)c2ccccc2n1CC(C)C. The maximum absolute atomic E-state index is 9.60. The number of piperidine rings is 1. The van der Waals surface area contributed by atoms with Crippen molar-refractivity contribution in [2.24, 2.45) is 5.92 Å². The molecule has 2 heterocycles. The Bertz CT molecular complexity index is 684. The third kappa shape index (κ3) is 4.43. The summed E-state index contributed by atoms with van der Waals surface area (Å²) in [4.78, 5) is 2.45. The third-order valence-electron chi connectivity index (χ3n) is 5.37. The molecule has 1 aliphatic rings. The molecule has 0 unspecified atom stereocenters. The maximum Gasteiger partial charge on any atom is 0.0564 e. The van der Waals surface area contributed by atoms with Crippen LogP contribution in [0.5, 0.6) is 0 Å². The molecule has 1 saturated heterocycles. The van der Waals surface area contributed by atoms with Crippen LogP contribution in [-0.4, -0.2) is 46.9 Å². The smallest absolute Gasteiger partial charge is 0.0564 e. The number of aliphatic hydroxyl groups is 1. The molecule has 0 aliphatic carbocycles. The number of aromatic nitrogens is 1. The Hall–Kier alpha value is -1.36. The summed E-state index contributed by atoms with van der Waals surface area (Å²) in [6, 6.07) is 8.78. The first kappa shape index (κ1) is 18.4. The van der Waals surface area contributed by atoms with Crippen LogP contribution in [0.15, 0.2) is 24.3 Å². The highest BCUT2D eigenvalue weighted by Crippen LogP contribution is 2.26. The van der Waals surface area contributed by atoms with E-state index in [1.165, 1.54) is 22.2 Å². The van der Waals surface area contributed by atoms with E-state index >= 15 is 0 Å². The molecule has 4 nitrogen and oxygen atoms in total. The topological polar surface area (TPSA) is 40.4 Å². The van der Waals surface area contributed by atoms with Crippen LogP contribution in [0, 0.1) is 12.8 Å². The van der Waals surface area contributed by atoms with Crippen LogP contribution < -0.4 is 5.32 Å². The second-order valence-electron chi connectivity index (χ2n) is 7.84. The van der Waals surface area contributed by atoms with Crippen LogP contribution in [0.1, 0.15) is 37.9 Å².